The summed E-state index contributed by atoms with van der Waals surface area (Å²) < 4.78 is 0. The first-order chi connectivity index (χ1) is 7.50. The number of hydrogen-bond donors (Lipinski definition) is 1. The minimum atomic E-state index is 0.189. The highest BCUT2D eigenvalue weighted by atomic mass is 16.2. The molecule has 0 aliphatic carbocycles. The van der Waals surface area contributed by atoms with E-state index in [0.717, 1.165) is 25.9 Å². The molecule has 4 heteroatoms. The smallest absolute Gasteiger partial charge is 0.236 e. The van der Waals surface area contributed by atoms with Crippen molar-refractivity contribution in [3.63, 3.8) is 0 Å². The first-order valence-electron chi connectivity index (χ1n) is 6.18. The fourth-order valence-corrected chi connectivity index (χ4v) is 1.86. The van der Waals surface area contributed by atoms with Crippen molar-refractivity contribution in [2.45, 2.75) is 38.8 Å². The maximum absolute atomic E-state index is 11.7. The van der Waals surface area contributed by atoms with E-state index in [1.165, 1.54) is 0 Å². The molecule has 0 saturated carbocycles. The van der Waals surface area contributed by atoms with E-state index >= 15 is 0 Å². The molecule has 16 heavy (non-hydrogen) atoms. The average molecular weight is 227 g/mol. The Balaban J connectivity index is 2.22. The number of nitrogens with zero attached hydrogens (tertiary/aromatic N) is 2. The van der Waals surface area contributed by atoms with Crippen molar-refractivity contribution in [2.75, 3.05) is 33.7 Å². The molecule has 1 amide bonds. The summed E-state index contributed by atoms with van der Waals surface area (Å²) in [7, 11) is 4.01. The monoisotopic (exact) mass is 227 g/mol. The molecule has 0 bridgehead atoms. The molecule has 0 aromatic rings. The van der Waals surface area contributed by atoms with Crippen molar-refractivity contribution in [2.24, 2.45) is 0 Å². The third kappa shape index (κ3) is 4.10. The van der Waals surface area contributed by atoms with Gasteiger partial charge in [0.1, 0.15) is 0 Å². The van der Waals surface area contributed by atoms with Gasteiger partial charge in [0.05, 0.1) is 6.54 Å². The van der Waals surface area contributed by atoms with Gasteiger partial charge in [-0.1, -0.05) is 0 Å². The lowest BCUT2D eigenvalue weighted by atomic mass is 10.1. The normalized spacial score (nSPS) is 19.1. The summed E-state index contributed by atoms with van der Waals surface area (Å²) in [4.78, 5) is 15.9. The van der Waals surface area contributed by atoms with Gasteiger partial charge >= 0.3 is 0 Å². The summed E-state index contributed by atoms with van der Waals surface area (Å²) in [6.07, 6.45) is 2.30. The Hall–Kier alpha value is -0.610. The number of likely N-dealkylation sites (N-methyl/N-ethyl adjacent to an activating group) is 1. The average Bonchev–Trinajstić information content (AvgIpc) is 2.26. The molecule has 1 aliphatic rings. The number of likely N-dealkylation sites (tertiary alicyclic amines) is 1. The van der Waals surface area contributed by atoms with Gasteiger partial charge in [-0.15, -0.1) is 0 Å². The van der Waals surface area contributed by atoms with Crippen LogP contribution in [0.2, 0.25) is 0 Å². The molecule has 0 spiro atoms. The van der Waals surface area contributed by atoms with Crippen LogP contribution in [0.15, 0.2) is 0 Å². The molecular formula is C12H25N3O. The molecule has 1 fully saturated rings. The lowest BCUT2D eigenvalue weighted by Crippen LogP contribution is -2.46. The van der Waals surface area contributed by atoms with Gasteiger partial charge in [-0.3, -0.25) is 4.79 Å². The van der Waals surface area contributed by atoms with Gasteiger partial charge in [0.25, 0.3) is 0 Å². The molecule has 0 radical (unpaired) electrons. The molecular weight excluding hydrogens is 202 g/mol. The number of amides is 1. The van der Waals surface area contributed by atoms with Gasteiger partial charge in [0, 0.05) is 19.1 Å². The van der Waals surface area contributed by atoms with E-state index in [1.54, 1.807) is 4.90 Å². The van der Waals surface area contributed by atoms with Crippen LogP contribution in [-0.4, -0.2) is 61.5 Å². The van der Waals surface area contributed by atoms with Crippen LogP contribution < -0.4 is 5.32 Å². The van der Waals surface area contributed by atoms with Crippen molar-refractivity contribution in [3.05, 3.63) is 0 Å². The Morgan fingerprint density at radius 3 is 2.50 bits per heavy atom. The summed E-state index contributed by atoms with van der Waals surface area (Å²) >= 11 is 0. The maximum Gasteiger partial charge on any atom is 0.236 e. The number of carbonyl (C=O) groups excluding carboxylic acids is 1. The zero-order chi connectivity index (χ0) is 12.1. The van der Waals surface area contributed by atoms with E-state index in [1.807, 2.05) is 20.9 Å². The fourth-order valence-electron chi connectivity index (χ4n) is 1.86. The van der Waals surface area contributed by atoms with E-state index in [2.05, 4.69) is 17.3 Å². The van der Waals surface area contributed by atoms with Crippen molar-refractivity contribution >= 4 is 5.91 Å². The number of nitrogens with one attached hydrogen (secondary N) is 1. The zero-order valence-electron chi connectivity index (χ0n) is 11.0. The second kappa shape index (κ2) is 6.21. The molecule has 1 aliphatic heterocycles. The summed E-state index contributed by atoms with van der Waals surface area (Å²) in [5.41, 5.74) is 0. The molecule has 1 saturated heterocycles. The van der Waals surface area contributed by atoms with Crippen LogP contribution >= 0.6 is 0 Å². The van der Waals surface area contributed by atoms with Crippen LogP contribution in [0.5, 0.6) is 0 Å². The van der Waals surface area contributed by atoms with Crippen LogP contribution in [-0.2, 0) is 4.79 Å². The molecule has 0 aromatic carbocycles. The SMILES string of the molecule is CC(C)N(C)C(=O)CNC1CCN(C)CC1. The summed E-state index contributed by atoms with van der Waals surface area (Å²) in [5, 5.41) is 3.36. The van der Waals surface area contributed by atoms with Crippen molar-refractivity contribution in [1.82, 2.24) is 15.1 Å². The standard InChI is InChI=1S/C12H25N3O/c1-10(2)15(4)12(16)9-13-11-5-7-14(3)8-6-11/h10-11,13H,5-9H2,1-4H3. The van der Waals surface area contributed by atoms with E-state index < -0.39 is 0 Å². The molecule has 0 aromatic heterocycles. The third-order valence-electron chi connectivity index (χ3n) is 3.43. The second-order valence-corrected chi connectivity index (χ2v) is 5.06. The van der Waals surface area contributed by atoms with E-state index in [0.29, 0.717) is 12.6 Å². The molecule has 1 rings (SSSR count). The van der Waals surface area contributed by atoms with Crippen molar-refractivity contribution < 1.29 is 4.79 Å². The molecule has 0 atom stereocenters. The maximum atomic E-state index is 11.7. The highest BCUT2D eigenvalue weighted by molar-refractivity contribution is 5.78. The van der Waals surface area contributed by atoms with Gasteiger partial charge in [-0.2, -0.15) is 0 Å². The molecule has 1 heterocycles. The Kier molecular flexibility index (Phi) is 5.22. The first kappa shape index (κ1) is 13.5. The van der Waals surface area contributed by atoms with Crippen LogP contribution in [0, 0.1) is 0 Å². The Morgan fingerprint density at radius 2 is 2.00 bits per heavy atom. The van der Waals surface area contributed by atoms with E-state index in [-0.39, 0.29) is 11.9 Å². The number of piperidine rings is 1. The fraction of sp³-hybridized carbons (Fsp3) is 0.917. The number of rotatable bonds is 4. The third-order valence-corrected chi connectivity index (χ3v) is 3.43. The van der Waals surface area contributed by atoms with Gasteiger partial charge in [-0.25, -0.2) is 0 Å². The summed E-state index contributed by atoms with van der Waals surface area (Å²) in [5.74, 6) is 0.189. The number of carbonyl (C=O) groups is 1. The predicted molar refractivity (Wildman–Crippen MR) is 66.4 cm³/mol. The van der Waals surface area contributed by atoms with Crippen LogP contribution in [0.1, 0.15) is 26.7 Å². The van der Waals surface area contributed by atoms with Crippen molar-refractivity contribution in [1.29, 1.82) is 0 Å². The van der Waals surface area contributed by atoms with Crippen LogP contribution in [0.3, 0.4) is 0 Å². The van der Waals surface area contributed by atoms with Crippen LogP contribution in [0.25, 0.3) is 0 Å². The minimum Gasteiger partial charge on any atom is -0.342 e. The Morgan fingerprint density at radius 1 is 1.44 bits per heavy atom. The quantitative estimate of drug-likeness (QED) is 0.761. The molecule has 4 nitrogen and oxygen atoms in total. The highest BCUT2D eigenvalue weighted by Gasteiger charge is 2.18. The Bertz CT molecular complexity index is 222. The number of hydrogen-bond acceptors (Lipinski definition) is 3. The van der Waals surface area contributed by atoms with Crippen LogP contribution in [0.4, 0.5) is 0 Å². The summed E-state index contributed by atoms with van der Waals surface area (Å²) in [6.45, 7) is 6.81. The zero-order valence-corrected chi connectivity index (χ0v) is 11.0. The molecule has 0 unspecified atom stereocenters. The molecule has 1 N–H and O–H groups in total. The predicted octanol–water partition coefficient (Wildman–Crippen LogP) is 0.537. The van der Waals surface area contributed by atoms with Gasteiger partial charge < -0.3 is 15.1 Å². The van der Waals surface area contributed by atoms with Gasteiger partial charge in [-0.05, 0) is 46.8 Å². The van der Waals surface area contributed by atoms with Crippen molar-refractivity contribution in [3.8, 4) is 0 Å². The van der Waals surface area contributed by atoms with E-state index in [9.17, 15) is 4.79 Å². The first-order valence-corrected chi connectivity index (χ1v) is 6.18. The largest absolute Gasteiger partial charge is 0.342 e. The molecule has 94 valence electrons. The topological polar surface area (TPSA) is 35.6 Å². The second-order valence-electron chi connectivity index (χ2n) is 5.06. The van der Waals surface area contributed by atoms with E-state index in [4.69, 9.17) is 0 Å². The van der Waals surface area contributed by atoms with Gasteiger partial charge in [0.2, 0.25) is 5.91 Å². The van der Waals surface area contributed by atoms with Gasteiger partial charge in [0.15, 0.2) is 0 Å². The summed E-state index contributed by atoms with van der Waals surface area (Å²) in [6, 6.07) is 0.799. The minimum absolute atomic E-state index is 0.189. The lowest BCUT2D eigenvalue weighted by molar-refractivity contribution is -0.130. The lowest BCUT2D eigenvalue weighted by Gasteiger charge is -2.30. The highest BCUT2D eigenvalue weighted by Crippen LogP contribution is 2.07. The Labute approximate surface area is 99.0 Å².